The van der Waals surface area contributed by atoms with E-state index in [0.717, 1.165) is 13.8 Å². The normalized spacial score (nSPS) is 9.56. The number of halogens is 4. The molecule has 102 valence electrons. The van der Waals surface area contributed by atoms with Crippen molar-refractivity contribution < 1.29 is 27.1 Å². The first kappa shape index (κ1) is 16.4. The minimum atomic E-state index is -2.01. The molecule has 0 saturated carbocycles. The Balaban J connectivity index is 0.000000873. The molecule has 0 aliphatic heterocycles. The highest BCUT2D eigenvalue weighted by atomic mass is 19.2. The third-order valence-corrected chi connectivity index (χ3v) is 1.69. The minimum absolute atomic E-state index is 0.596. The van der Waals surface area contributed by atoms with Crippen LogP contribution in [-0.2, 0) is 4.79 Å². The van der Waals surface area contributed by atoms with Gasteiger partial charge >= 0.3 is 5.97 Å². The Morgan fingerprint density at radius 1 is 1.00 bits per heavy atom. The first-order valence-corrected chi connectivity index (χ1v) is 5.28. The van der Waals surface area contributed by atoms with Crippen molar-refractivity contribution in [1.29, 1.82) is 0 Å². The van der Waals surface area contributed by atoms with E-state index in [1.54, 1.807) is 0 Å². The first-order valence-electron chi connectivity index (χ1n) is 5.28. The molecule has 2 nitrogen and oxygen atoms in total. The molecule has 18 heavy (non-hydrogen) atoms. The molecular weight excluding hydrogens is 252 g/mol. The summed E-state index contributed by atoms with van der Waals surface area (Å²) in [4.78, 5) is 10.5. The second kappa shape index (κ2) is 6.98. The van der Waals surface area contributed by atoms with E-state index in [4.69, 9.17) is 0 Å². The van der Waals surface area contributed by atoms with Gasteiger partial charge in [0, 0.05) is 12.5 Å². The smallest absolute Gasteiger partial charge is 0.308 e. The maximum Gasteiger partial charge on any atom is 0.308 e. The SMILES string of the molecule is CC(=O)Oc1c(C)c(F)c(F)c(F)c1F.CCC. The maximum absolute atomic E-state index is 13.0. The molecular formula is C12H14F4O2. The molecule has 0 heterocycles. The van der Waals surface area contributed by atoms with Gasteiger partial charge in [-0.15, -0.1) is 0 Å². The van der Waals surface area contributed by atoms with Crippen LogP contribution in [0.5, 0.6) is 5.75 Å². The lowest BCUT2D eigenvalue weighted by atomic mass is 10.2. The van der Waals surface area contributed by atoms with Gasteiger partial charge in [0.1, 0.15) is 0 Å². The van der Waals surface area contributed by atoms with Crippen LogP contribution in [0.1, 0.15) is 32.8 Å². The summed E-state index contributed by atoms with van der Waals surface area (Å²) < 4.78 is 55.5. The average Bonchev–Trinajstić information content (AvgIpc) is 2.30. The molecule has 0 atom stereocenters. The van der Waals surface area contributed by atoms with Gasteiger partial charge in [-0.1, -0.05) is 20.3 Å². The molecule has 0 aliphatic rings. The standard InChI is InChI=1S/C9H6F4O2.C3H8/c1-3-5(10)6(11)7(12)8(13)9(3)15-4(2)14;1-3-2/h1-2H3;3H2,1-2H3. The lowest BCUT2D eigenvalue weighted by Crippen LogP contribution is -2.09. The van der Waals surface area contributed by atoms with Crippen LogP contribution in [0, 0.1) is 30.2 Å². The summed E-state index contributed by atoms with van der Waals surface area (Å²) in [6, 6.07) is 0. The summed E-state index contributed by atoms with van der Waals surface area (Å²) in [6.45, 7) is 6.15. The highest BCUT2D eigenvalue weighted by Gasteiger charge is 2.24. The summed E-state index contributed by atoms with van der Waals surface area (Å²) in [5.74, 6) is -9.12. The van der Waals surface area contributed by atoms with Crippen LogP contribution in [-0.4, -0.2) is 5.97 Å². The molecule has 6 heteroatoms. The van der Waals surface area contributed by atoms with Crippen molar-refractivity contribution in [3.8, 4) is 5.75 Å². The zero-order chi connectivity index (χ0) is 14.5. The van der Waals surface area contributed by atoms with Gasteiger partial charge < -0.3 is 4.74 Å². The first-order chi connectivity index (χ1) is 8.27. The third kappa shape index (κ3) is 3.72. The quantitative estimate of drug-likeness (QED) is 0.253. The molecule has 1 aromatic carbocycles. The van der Waals surface area contributed by atoms with Crippen LogP contribution in [0.3, 0.4) is 0 Å². The number of ether oxygens (including phenoxy) is 1. The Hall–Kier alpha value is -1.59. The molecule has 0 saturated heterocycles. The highest BCUT2D eigenvalue weighted by Crippen LogP contribution is 2.29. The van der Waals surface area contributed by atoms with Crippen molar-refractivity contribution in [2.75, 3.05) is 0 Å². The van der Waals surface area contributed by atoms with Crippen LogP contribution in [0.2, 0.25) is 0 Å². The Labute approximate surface area is 103 Å². The number of hydrogen-bond donors (Lipinski definition) is 0. The van der Waals surface area contributed by atoms with Gasteiger partial charge in [0.05, 0.1) is 0 Å². The van der Waals surface area contributed by atoms with Crippen molar-refractivity contribution in [2.45, 2.75) is 34.1 Å². The van der Waals surface area contributed by atoms with Crippen molar-refractivity contribution in [1.82, 2.24) is 0 Å². The van der Waals surface area contributed by atoms with Gasteiger partial charge in [-0.25, -0.2) is 13.2 Å². The van der Waals surface area contributed by atoms with Gasteiger partial charge in [-0.2, -0.15) is 4.39 Å². The van der Waals surface area contributed by atoms with Crippen molar-refractivity contribution in [2.24, 2.45) is 0 Å². The lowest BCUT2D eigenvalue weighted by molar-refractivity contribution is -0.132. The summed E-state index contributed by atoms with van der Waals surface area (Å²) in [7, 11) is 0. The Morgan fingerprint density at radius 2 is 1.39 bits per heavy atom. The van der Waals surface area contributed by atoms with Gasteiger partial charge in [0.15, 0.2) is 17.4 Å². The van der Waals surface area contributed by atoms with Gasteiger partial charge in [-0.3, -0.25) is 4.79 Å². The van der Waals surface area contributed by atoms with E-state index < -0.39 is 40.6 Å². The molecule has 0 spiro atoms. The van der Waals surface area contributed by atoms with E-state index in [-0.39, 0.29) is 0 Å². The summed E-state index contributed by atoms with van der Waals surface area (Å²) >= 11 is 0. The van der Waals surface area contributed by atoms with E-state index in [1.165, 1.54) is 6.42 Å². The average molecular weight is 266 g/mol. The largest absolute Gasteiger partial charge is 0.423 e. The number of rotatable bonds is 1. The number of carbonyl (C=O) groups is 1. The topological polar surface area (TPSA) is 26.3 Å². The highest BCUT2D eigenvalue weighted by molar-refractivity contribution is 5.69. The molecule has 0 bridgehead atoms. The van der Waals surface area contributed by atoms with Crippen molar-refractivity contribution in [3.63, 3.8) is 0 Å². The van der Waals surface area contributed by atoms with E-state index in [2.05, 4.69) is 18.6 Å². The summed E-state index contributed by atoms with van der Waals surface area (Å²) in [5.41, 5.74) is -0.596. The van der Waals surface area contributed by atoms with Crippen molar-refractivity contribution in [3.05, 3.63) is 28.8 Å². The number of esters is 1. The molecule has 1 aromatic rings. The number of benzene rings is 1. The van der Waals surface area contributed by atoms with Gasteiger partial charge in [0.25, 0.3) is 0 Å². The van der Waals surface area contributed by atoms with Gasteiger partial charge in [0.2, 0.25) is 11.6 Å². The minimum Gasteiger partial charge on any atom is -0.423 e. The fraction of sp³-hybridized carbons (Fsp3) is 0.417. The zero-order valence-electron chi connectivity index (χ0n) is 10.5. The predicted molar refractivity (Wildman–Crippen MR) is 58.3 cm³/mol. The molecule has 0 aliphatic carbocycles. The van der Waals surface area contributed by atoms with Gasteiger partial charge in [-0.05, 0) is 6.92 Å². The molecule has 0 unspecified atom stereocenters. The molecule has 0 amide bonds. The Morgan fingerprint density at radius 3 is 1.78 bits per heavy atom. The Bertz CT molecular complexity index is 415. The van der Waals surface area contributed by atoms with Crippen LogP contribution >= 0.6 is 0 Å². The molecule has 1 rings (SSSR count). The summed E-state index contributed by atoms with van der Waals surface area (Å²) in [5, 5.41) is 0. The fourth-order valence-corrected chi connectivity index (χ4v) is 0.986. The second-order valence-corrected chi connectivity index (χ2v) is 3.51. The molecule has 0 fully saturated rings. The Kier molecular flexibility index (Phi) is 6.36. The molecule has 0 aromatic heterocycles. The molecule has 0 N–H and O–H groups in total. The van der Waals surface area contributed by atoms with Crippen LogP contribution in [0.25, 0.3) is 0 Å². The third-order valence-electron chi connectivity index (χ3n) is 1.69. The zero-order valence-corrected chi connectivity index (χ0v) is 10.5. The van der Waals surface area contributed by atoms with E-state index in [9.17, 15) is 22.4 Å². The van der Waals surface area contributed by atoms with Crippen molar-refractivity contribution >= 4 is 5.97 Å². The van der Waals surface area contributed by atoms with Crippen LogP contribution < -0.4 is 4.74 Å². The lowest BCUT2D eigenvalue weighted by Gasteiger charge is -2.09. The summed E-state index contributed by atoms with van der Waals surface area (Å²) in [6.07, 6.45) is 1.25. The number of hydrogen-bond acceptors (Lipinski definition) is 2. The molecule has 0 radical (unpaired) electrons. The maximum atomic E-state index is 13.0. The van der Waals surface area contributed by atoms with E-state index >= 15 is 0 Å². The van der Waals surface area contributed by atoms with Crippen LogP contribution in [0.15, 0.2) is 0 Å². The van der Waals surface area contributed by atoms with E-state index in [1.807, 2.05) is 0 Å². The second-order valence-electron chi connectivity index (χ2n) is 3.51. The monoisotopic (exact) mass is 266 g/mol. The number of carbonyl (C=O) groups excluding carboxylic acids is 1. The predicted octanol–water partition coefficient (Wildman–Crippen LogP) is 3.89. The van der Waals surface area contributed by atoms with Crippen LogP contribution in [0.4, 0.5) is 17.6 Å². The fourth-order valence-electron chi connectivity index (χ4n) is 0.986. The van der Waals surface area contributed by atoms with E-state index in [0.29, 0.717) is 0 Å².